The lowest BCUT2D eigenvalue weighted by atomic mass is 9.96. The van der Waals surface area contributed by atoms with Crippen LogP contribution in [0.3, 0.4) is 0 Å². The molecule has 8 nitrogen and oxygen atoms in total. The summed E-state index contributed by atoms with van der Waals surface area (Å²) in [5, 5.41) is 2.83. The molecule has 0 saturated carbocycles. The second-order valence-electron chi connectivity index (χ2n) is 11.4. The number of halogens is 2. The Kier molecular flexibility index (Phi) is 8.77. The first kappa shape index (κ1) is 30.2. The van der Waals surface area contributed by atoms with Gasteiger partial charge in [0.15, 0.2) is 0 Å². The summed E-state index contributed by atoms with van der Waals surface area (Å²) in [7, 11) is 5.87. The molecule has 0 atom stereocenters. The van der Waals surface area contributed by atoms with E-state index in [2.05, 4.69) is 10.2 Å². The zero-order valence-electron chi connectivity index (χ0n) is 24.7. The van der Waals surface area contributed by atoms with Gasteiger partial charge in [-0.2, -0.15) is 0 Å². The summed E-state index contributed by atoms with van der Waals surface area (Å²) in [4.78, 5) is 44.4. The second kappa shape index (κ2) is 12.5. The number of para-hydroxylation sites is 1. The van der Waals surface area contributed by atoms with Gasteiger partial charge in [0, 0.05) is 79.5 Å². The molecular formula is C33H37F2N5O3. The van der Waals surface area contributed by atoms with E-state index in [1.54, 1.807) is 47.4 Å². The zero-order valence-corrected chi connectivity index (χ0v) is 24.7. The fourth-order valence-corrected chi connectivity index (χ4v) is 5.75. The lowest BCUT2D eigenvalue weighted by Gasteiger charge is -2.35. The van der Waals surface area contributed by atoms with Crippen LogP contribution in [-0.4, -0.2) is 77.8 Å². The highest BCUT2D eigenvalue weighted by Crippen LogP contribution is 2.43. The Labute approximate surface area is 250 Å². The van der Waals surface area contributed by atoms with Crippen molar-refractivity contribution in [2.75, 3.05) is 43.9 Å². The number of nitrogens with zero attached hydrogens (tertiary/aromatic N) is 4. The summed E-state index contributed by atoms with van der Waals surface area (Å²) in [5.41, 5.74) is 1.82. The first-order valence-corrected chi connectivity index (χ1v) is 14.5. The van der Waals surface area contributed by atoms with E-state index in [9.17, 15) is 14.4 Å². The van der Waals surface area contributed by atoms with Gasteiger partial charge in [0.1, 0.15) is 0 Å². The molecule has 3 heterocycles. The van der Waals surface area contributed by atoms with Crippen LogP contribution in [0.5, 0.6) is 0 Å². The number of hydrogen-bond donors (Lipinski definition) is 1. The van der Waals surface area contributed by atoms with E-state index in [0.29, 0.717) is 36.1 Å². The van der Waals surface area contributed by atoms with Crippen LogP contribution in [0.4, 0.5) is 20.2 Å². The molecule has 0 aliphatic carbocycles. The van der Waals surface area contributed by atoms with E-state index >= 15 is 8.78 Å². The fraction of sp³-hybridized carbons (Fsp3) is 0.364. The van der Waals surface area contributed by atoms with Crippen molar-refractivity contribution in [2.45, 2.75) is 37.6 Å². The molecule has 10 heteroatoms. The molecule has 0 radical (unpaired) electrons. The number of hydrogen-bond acceptors (Lipinski definition) is 4. The molecule has 2 aliphatic rings. The summed E-state index contributed by atoms with van der Waals surface area (Å²) in [6, 6.07) is 17.0. The maximum absolute atomic E-state index is 15.7. The highest BCUT2D eigenvalue weighted by Gasteiger charge is 2.41. The van der Waals surface area contributed by atoms with Crippen molar-refractivity contribution in [1.82, 2.24) is 14.4 Å². The molecule has 1 N–H and O–H groups in total. The first-order chi connectivity index (χ1) is 20.5. The van der Waals surface area contributed by atoms with Gasteiger partial charge < -0.3 is 24.6 Å². The van der Waals surface area contributed by atoms with Crippen molar-refractivity contribution in [1.29, 1.82) is 0 Å². The number of alkyl halides is 2. The van der Waals surface area contributed by atoms with Gasteiger partial charge >= 0.3 is 0 Å². The molecule has 0 unspecified atom stereocenters. The Morgan fingerprint density at radius 1 is 0.977 bits per heavy atom. The van der Waals surface area contributed by atoms with Gasteiger partial charge in [-0.05, 0) is 69.4 Å². The van der Waals surface area contributed by atoms with E-state index in [1.807, 2.05) is 44.0 Å². The standard InChI is InChI=1S/C33H37F2N5O3/c1-37(2)25-14-18-39(19-15-25)31(42)22-28-27-8-4-5-9-29(27)40(20-16-33(28,34)35)32(43)23-10-12-24(13-11-23)36-30(41)21-26-7-6-17-38(26)3/h4-13,17,22,25H,14-16,18-21H2,1-3H3,(H,36,41)/b28-22-. The molecule has 1 fully saturated rings. The smallest absolute Gasteiger partial charge is 0.275 e. The zero-order chi connectivity index (χ0) is 30.7. The molecule has 2 aliphatic heterocycles. The van der Waals surface area contributed by atoms with Crippen LogP contribution in [-0.2, 0) is 23.1 Å². The predicted octanol–water partition coefficient (Wildman–Crippen LogP) is 4.83. The maximum atomic E-state index is 15.7. The summed E-state index contributed by atoms with van der Waals surface area (Å²) < 4.78 is 33.2. The van der Waals surface area contributed by atoms with Crippen LogP contribution in [0.1, 0.15) is 40.9 Å². The van der Waals surface area contributed by atoms with Gasteiger partial charge in [0.05, 0.1) is 12.1 Å². The van der Waals surface area contributed by atoms with Crippen LogP contribution in [0.2, 0.25) is 0 Å². The average molecular weight is 590 g/mol. The number of aryl methyl sites for hydroxylation is 1. The number of likely N-dealkylation sites (tertiary alicyclic amines) is 1. The minimum atomic E-state index is -3.31. The van der Waals surface area contributed by atoms with Crippen LogP contribution >= 0.6 is 0 Å². The number of piperidine rings is 1. The number of amides is 3. The molecule has 1 aromatic heterocycles. The number of allylic oxidation sites excluding steroid dienone is 1. The lowest BCUT2D eigenvalue weighted by Crippen LogP contribution is -2.44. The SMILES string of the molecule is CN(C)C1CCN(C(=O)/C=C2/c3ccccc3N(C(=O)c3ccc(NC(=O)Cc4cccn4C)cc3)CCC2(F)F)CC1. The van der Waals surface area contributed by atoms with Crippen LogP contribution < -0.4 is 10.2 Å². The lowest BCUT2D eigenvalue weighted by molar-refractivity contribution is -0.127. The summed E-state index contributed by atoms with van der Waals surface area (Å²) >= 11 is 0. The number of aromatic nitrogens is 1. The number of carbonyl (C=O) groups excluding carboxylic acids is 3. The molecule has 226 valence electrons. The summed E-state index contributed by atoms with van der Waals surface area (Å²) in [6.45, 7) is 0.787. The monoisotopic (exact) mass is 589 g/mol. The van der Waals surface area contributed by atoms with E-state index < -0.39 is 24.2 Å². The van der Waals surface area contributed by atoms with Crippen LogP contribution in [0.15, 0.2) is 72.9 Å². The Hall–Kier alpha value is -4.31. The van der Waals surface area contributed by atoms with Gasteiger partial charge in [0.2, 0.25) is 11.8 Å². The number of fused-ring (bicyclic) bond motifs is 1. The number of rotatable bonds is 6. The normalized spacial score (nSPS) is 18.0. The molecule has 43 heavy (non-hydrogen) atoms. The van der Waals surface area contributed by atoms with Crippen molar-refractivity contribution < 1.29 is 23.2 Å². The Bertz CT molecular complexity index is 1520. The average Bonchev–Trinajstić information content (AvgIpc) is 3.35. The van der Waals surface area contributed by atoms with Crippen molar-refractivity contribution in [2.24, 2.45) is 7.05 Å². The molecule has 3 amide bonds. The number of carbonyl (C=O) groups is 3. The van der Waals surface area contributed by atoms with Gasteiger partial charge in [-0.3, -0.25) is 14.4 Å². The van der Waals surface area contributed by atoms with Crippen molar-refractivity contribution in [3.8, 4) is 0 Å². The van der Waals surface area contributed by atoms with Gasteiger partial charge in [-0.1, -0.05) is 18.2 Å². The first-order valence-electron chi connectivity index (χ1n) is 14.5. The molecular weight excluding hydrogens is 552 g/mol. The van der Waals surface area contributed by atoms with Gasteiger partial charge in [-0.25, -0.2) is 8.78 Å². The minimum absolute atomic E-state index is 0.166. The number of anilines is 2. The highest BCUT2D eigenvalue weighted by molar-refractivity contribution is 6.09. The molecule has 0 spiro atoms. The summed E-state index contributed by atoms with van der Waals surface area (Å²) in [6.07, 6.45) is 4.08. The van der Waals surface area contributed by atoms with Crippen LogP contribution in [0, 0.1) is 0 Å². The van der Waals surface area contributed by atoms with Gasteiger partial charge in [-0.15, -0.1) is 0 Å². The third-order valence-electron chi connectivity index (χ3n) is 8.36. The molecule has 5 rings (SSSR count). The van der Waals surface area contributed by atoms with Crippen molar-refractivity contribution >= 4 is 34.7 Å². The summed E-state index contributed by atoms with van der Waals surface area (Å²) in [5.74, 6) is -4.38. The maximum Gasteiger partial charge on any atom is 0.275 e. The van der Waals surface area contributed by atoms with Gasteiger partial charge in [0.25, 0.3) is 11.8 Å². The molecule has 2 aromatic carbocycles. The Morgan fingerprint density at radius 3 is 2.33 bits per heavy atom. The van der Waals surface area contributed by atoms with E-state index in [-0.39, 0.29) is 30.0 Å². The molecule has 1 saturated heterocycles. The number of nitrogens with one attached hydrogen (secondary N) is 1. The number of benzene rings is 2. The Morgan fingerprint density at radius 2 is 1.67 bits per heavy atom. The third kappa shape index (κ3) is 6.69. The minimum Gasteiger partial charge on any atom is -0.354 e. The molecule has 0 bridgehead atoms. The van der Waals surface area contributed by atoms with E-state index in [1.165, 1.54) is 11.0 Å². The van der Waals surface area contributed by atoms with Crippen molar-refractivity contribution in [3.63, 3.8) is 0 Å². The second-order valence-corrected chi connectivity index (χ2v) is 11.4. The van der Waals surface area contributed by atoms with Crippen molar-refractivity contribution in [3.05, 3.63) is 89.8 Å². The Balaban J connectivity index is 1.34. The van der Waals surface area contributed by atoms with E-state index in [0.717, 1.165) is 24.6 Å². The fourth-order valence-electron chi connectivity index (χ4n) is 5.75. The predicted molar refractivity (Wildman–Crippen MR) is 163 cm³/mol. The quantitative estimate of drug-likeness (QED) is 0.418. The molecule has 3 aromatic rings. The third-order valence-corrected chi connectivity index (χ3v) is 8.36. The highest BCUT2D eigenvalue weighted by atomic mass is 19.3. The van der Waals surface area contributed by atoms with E-state index in [4.69, 9.17) is 0 Å². The topological polar surface area (TPSA) is 77.9 Å². The largest absolute Gasteiger partial charge is 0.354 e. The van der Waals surface area contributed by atoms with Crippen LogP contribution in [0.25, 0.3) is 5.57 Å².